The molecule has 1 fully saturated rings. The second-order valence-electron chi connectivity index (χ2n) is 9.86. The summed E-state index contributed by atoms with van der Waals surface area (Å²) < 4.78 is 17.7. The highest BCUT2D eigenvalue weighted by Gasteiger charge is 2.39. The molecule has 0 aromatic heterocycles. The van der Waals surface area contributed by atoms with E-state index in [1.54, 1.807) is 32.9 Å². The number of ether oxygens (including phenoxy) is 3. The van der Waals surface area contributed by atoms with Gasteiger partial charge in [0, 0.05) is 15.6 Å². The van der Waals surface area contributed by atoms with Crippen LogP contribution in [0.25, 0.3) is 11.1 Å². The fourth-order valence-corrected chi connectivity index (χ4v) is 4.88. The van der Waals surface area contributed by atoms with Crippen molar-refractivity contribution in [2.75, 3.05) is 6.61 Å². The summed E-state index contributed by atoms with van der Waals surface area (Å²) in [6, 6.07) is 11.3. The second-order valence-corrected chi connectivity index (χ2v) is 10.8. The van der Waals surface area contributed by atoms with Crippen LogP contribution in [-0.4, -0.2) is 29.9 Å². The number of rotatable bonds is 5. The maximum Gasteiger partial charge on any atom is 0.310 e. The number of fused-ring (bicyclic) bond motifs is 3. The molecule has 4 rings (SSSR count). The van der Waals surface area contributed by atoms with Crippen molar-refractivity contribution in [1.29, 1.82) is 0 Å². The Hall–Kier alpha value is -2.67. The van der Waals surface area contributed by atoms with Gasteiger partial charge in [-0.15, -0.1) is 0 Å². The topological polar surface area (TPSA) is 78.9 Å². The molecule has 0 bridgehead atoms. The zero-order valence-corrected chi connectivity index (χ0v) is 21.3. The van der Waals surface area contributed by atoms with Crippen molar-refractivity contribution in [2.45, 2.75) is 58.7 Å². The van der Waals surface area contributed by atoms with Gasteiger partial charge in [0.1, 0.15) is 18.0 Å². The van der Waals surface area contributed by atoms with E-state index in [1.165, 1.54) is 0 Å². The van der Waals surface area contributed by atoms with E-state index in [2.05, 4.69) is 15.9 Å². The molecule has 1 aliphatic carbocycles. The zero-order valence-electron chi connectivity index (χ0n) is 19.7. The number of ketones is 1. The molecule has 2 atom stereocenters. The standard InChI is InChI=1S/C27H29BrO6/c1-27(2,3)34-26(31)22-7-5-4-6-21(22)25(30)33-15-23(29)16-8-10-19-17(12-16)14-32-24-13-18(28)9-11-20(19)24/h8-13,21-22H,4-7,14-15H2,1-3H3/t21-,22?/m1/s1. The van der Waals surface area contributed by atoms with E-state index in [1.807, 2.05) is 24.3 Å². The third kappa shape index (κ3) is 5.52. The Labute approximate surface area is 208 Å². The molecule has 1 aliphatic heterocycles. The van der Waals surface area contributed by atoms with E-state index in [9.17, 15) is 14.4 Å². The lowest BCUT2D eigenvalue weighted by atomic mass is 9.79. The molecule has 0 N–H and O–H groups in total. The predicted molar refractivity (Wildman–Crippen MR) is 130 cm³/mol. The van der Waals surface area contributed by atoms with Crippen LogP contribution in [-0.2, 0) is 25.7 Å². The van der Waals surface area contributed by atoms with Crippen molar-refractivity contribution >= 4 is 33.7 Å². The van der Waals surface area contributed by atoms with E-state index in [-0.39, 0.29) is 18.4 Å². The van der Waals surface area contributed by atoms with Crippen molar-refractivity contribution < 1.29 is 28.6 Å². The van der Waals surface area contributed by atoms with E-state index in [0.29, 0.717) is 25.0 Å². The average molecular weight is 529 g/mol. The van der Waals surface area contributed by atoms with Gasteiger partial charge < -0.3 is 14.2 Å². The lowest BCUT2D eigenvalue weighted by Gasteiger charge is -2.31. The Morgan fingerprint density at radius 3 is 2.35 bits per heavy atom. The molecule has 7 heteroatoms. The van der Waals surface area contributed by atoms with Gasteiger partial charge in [0.2, 0.25) is 0 Å². The van der Waals surface area contributed by atoms with Crippen molar-refractivity contribution in [3.05, 3.63) is 52.0 Å². The SMILES string of the molecule is CC(C)(C)OC(=O)C1CCCC[C@H]1C(=O)OCC(=O)c1ccc2c(c1)COc1cc(Br)ccc1-2. The number of carbonyl (C=O) groups is 3. The van der Waals surface area contributed by atoms with Crippen LogP contribution in [0.1, 0.15) is 62.4 Å². The van der Waals surface area contributed by atoms with E-state index >= 15 is 0 Å². The molecule has 2 aromatic carbocycles. The summed E-state index contributed by atoms with van der Waals surface area (Å²) in [5.41, 5.74) is 2.74. The highest BCUT2D eigenvalue weighted by atomic mass is 79.9. The Bertz CT molecular complexity index is 1120. The lowest BCUT2D eigenvalue weighted by Crippen LogP contribution is -2.38. The Morgan fingerprint density at radius 1 is 0.971 bits per heavy atom. The number of esters is 2. The van der Waals surface area contributed by atoms with Crippen molar-refractivity contribution in [3.8, 4) is 16.9 Å². The quantitative estimate of drug-likeness (QED) is 0.356. The minimum atomic E-state index is -0.619. The minimum absolute atomic E-state index is 0.289. The first kappa shape index (κ1) is 24.5. The molecule has 1 unspecified atom stereocenters. The highest BCUT2D eigenvalue weighted by molar-refractivity contribution is 9.10. The molecule has 34 heavy (non-hydrogen) atoms. The maximum atomic E-state index is 12.8. The molecule has 1 heterocycles. The Kier molecular flexibility index (Phi) is 7.12. The first-order valence-electron chi connectivity index (χ1n) is 11.6. The average Bonchev–Trinajstić information content (AvgIpc) is 2.80. The molecular weight excluding hydrogens is 500 g/mol. The normalized spacial score (nSPS) is 19.3. The summed E-state index contributed by atoms with van der Waals surface area (Å²) in [5, 5.41) is 0. The zero-order chi connectivity index (χ0) is 24.5. The first-order valence-corrected chi connectivity index (χ1v) is 12.4. The van der Waals surface area contributed by atoms with Crippen LogP contribution in [0.2, 0.25) is 0 Å². The number of hydrogen-bond acceptors (Lipinski definition) is 6. The van der Waals surface area contributed by atoms with E-state index in [4.69, 9.17) is 14.2 Å². The molecule has 180 valence electrons. The lowest BCUT2D eigenvalue weighted by molar-refractivity contribution is -0.169. The molecule has 6 nitrogen and oxygen atoms in total. The molecule has 2 aromatic rings. The molecule has 0 spiro atoms. The first-order chi connectivity index (χ1) is 16.1. The van der Waals surface area contributed by atoms with Crippen LogP contribution in [0, 0.1) is 11.8 Å². The van der Waals surface area contributed by atoms with E-state index < -0.39 is 23.4 Å². The van der Waals surface area contributed by atoms with Crippen molar-refractivity contribution in [1.82, 2.24) is 0 Å². The summed E-state index contributed by atoms with van der Waals surface area (Å²) in [4.78, 5) is 38.2. The molecular formula is C27H29BrO6. The van der Waals surface area contributed by atoms with Gasteiger partial charge in [0.15, 0.2) is 12.4 Å². The number of hydrogen-bond donors (Lipinski definition) is 0. The van der Waals surface area contributed by atoms with Crippen LogP contribution < -0.4 is 4.74 Å². The van der Waals surface area contributed by atoms with Gasteiger partial charge >= 0.3 is 11.9 Å². The second kappa shape index (κ2) is 9.90. The number of halogens is 1. The van der Waals surface area contributed by atoms with Crippen molar-refractivity contribution in [2.24, 2.45) is 11.8 Å². The van der Waals surface area contributed by atoms with Crippen LogP contribution in [0.5, 0.6) is 5.75 Å². The largest absolute Gasteiger partial charge is 0.488 e. The predicted octanol–water partition coefficient (Wildman–Crippen LogP) is 5.88. The highest BCUT2D eigenvalue weighted by Crippen LogP contribution is 2.39. The van der Waals surface area contributed by atoms with Gasteiger partial charge in [-0.05, 0) is 69.0 Å². The summed E-state index contributed by atoms with van der Waals surface area (Å²) in [7, 11) is 0. The Morgan fingerprint density at radius 2 is 1.65 bits per heavy atom. The molecule has 0 amide bonds. The van der Waals surface area contributed by atoms with Crippen LogP contribution in [0.15, 0.2) is 40.9 Å². The fraction of sp³-hybridized carbons (Fsp3) is 0.444. The third-order valence-corrected chi connectivity index (χ3v) is 6.66. The Balaban J connectivity index is 1.41. The maximum absolute atomic E-state index is 12.8. The van der Waals surface area contributed by atoms with Crippen LogP contribution >= 0.6 is 15.9 Å². The van der Waals surface area contributed by atoms with Gasteiger partial charge in [-0.2, -0.15) is 0 Å². The number of benzene rings is 2. The number of Topliss-reactive ketones (excluding diaryl/α,β-unsaturated/α-hetero) is 1. The van der Waals surface area contributed by atoms with Gasteiger partial charge in [0.05, 0.1) is 11.8 Å². The van der Waals surface area contributed by atoms with Crippen LogP contribution in [0.3, 0.4) is 0 Å². The summed E-state index contributed by atoms with van der Waals surface area (Å²) in [6.45, 7) is 5.42. The van der Waals surface area contributed by atoms with Crippen LogP contribution in [0.4, 0.5) is 0 Å². The van der Waals surface area contributed by atoms with Crippen molar-refractivity contribution in [3.63, 3.8) is 0 Å². The summed E-state index contributed by atoms with van der Waals surface area (Å²) >= 11 is 3.45. The monoisotopic (exact) mass is 528 g/mol. The summed E-state index contributed by atoms with van der Waals surface area (Å²) in [6.07, 6.45) is 2.86. The smallest absolute Gasteiger partial charge is 0.310 e. The van der Waals surface area contributed by atoms with Gasteiger partial charge in [-0.3, -0.25) is 14.4 Å². The van der Waals surface area contributed by atoms with Gasteiger partial charge in [-0.25, -0.2) is 0 Å². The molecule has 2 aliphatic rings. The summed E-state index contributed by atoms with van der Waals surface area (Å²) in [5.74, 6) is -1.49. The molecule has 0 saturated heterocycles. The van der Waals surface area contributed by atoms with Gasteiger partial charge in [0.25, 0.3) is 0 Å². The third-order valence-electron chi connectivity index (χ3n) is 6.17. The van der Waals surface area contributed by atoms with Gasteiger partial charge in [-0.1, -0.05) is 40.9 Å². The molecule has 0 radical (unpaired) electrons. The molecule has 1 saturated carbocycles. The fourth-order valence-electron chi connectivity index (χ4n) is 4.54. The minimum Gasteiger partial charge on any atom is -0.488 e. The van der Waals surface area contributed by atoms with E-state index in [0.717, 1.165) is 39.8 Å². The number of carbonyl (C=O) groups excluding carboxylic acids is 3.